The smallest absolute Gasteiger partial charge is 0.308 e. The predicted octanol–water partition coefficient (Wildman–Crippen LogP) is 5.24. The lowest BCUT2D eigenvalue weighted by atomic mass is 9.96. The summed E-state index contributed by atoms with van der Waals surface area (Å²) in [6.07, 6.45) is -0.341. The lowest BCUT2D eigenvalue weighted by Crippen LogP contribution is -2.35. The van der Waals surface area contributed by atoms with Crippen LogP contribution in [0.1, 0.15) is 34.9 Å². The Hall–Kier alpha value is -2.66. The van der Waals surface area contributed by atoms with E-state index in [2.05, 4.69) is 5.73 Å². The summed E-state index contributed by atoms with van der Waals surface area (Å²) in [6, 6.07) is 7.25. The van der Waals surface area contributed by atoms with E-state index in [1.54, 1.807) is 19.1 Å². The van der Waals surface area contributed by atoms with Crippen LogP contribution in [0.4, 0.5) is 5.00 Å². The van der Waals surface area contributed by atoms with Gasteiger partial charge in [0.1, 0.15) is 16.7 Å². The molecule has 0 bridgehead atoms. The largest absolute Gasteiger partial charge is 0.481 e. The molecule has 0 saturated heterocycles. The average molecular weight is 400 g/mol. The van der Waals surface area contributed by atoms with Gasteiger partial charge < -0.3 is 5.11 Å². The number of amidine groups is 2. The van der Waals surface area contributed by atoms with E-state index in [1.807, 2.05) is 26.0 Å². The minimum absolute atomic E-state index is 0.0311. The lowest BCUT2D eigenvalue weighted by Gasteiger charge is -2.23. The third kappa shape index (κ3) is 3.47. The van der Waals surface area contributed by atoms with Crippen molar-refractivity contribution in [2.75, 3.05) is 4.90 Å². The van der Waals surface area contributed by atoms with Crippen LogP contribution in [0.3, 0.4) is 0 Å². The van der Waals surface area contributed by atoms with Crippen molar-refractivity contribution in [2.24, 2.45) is 0 Å². The second kappa shape index (κ2) is 7.16. The molecule has 0 amide bonds. The van der Waals surface area contributed by atoms with Gasteiger partial charge in [0, 0.05) is 26.6 Å². The van der Waals surface area contributed by atoms with Crippen LogP contribution < -0.4 is 4.90 Å². The van der Waals surface area contributed by atoms with E-state index in [-0.39, 0.29) is 23.7 Å². The molecule has 0 fully saturated rings. The van der Waals surface area contributed by atoms with Gasteiger partial charge in [0.05, 0.1) is 6.42 Å². The fourth-order valence-electron chi connectivity index (χ4n) is 3.00. The Morgan fingerprint density at radius 1 is 1.30 bits per heavy atom. The number of anilines is 1. The van der Waals surface area contributed by atoms with Crippen LogP contribution in [0.2, 0.25) is 5.02 Å². The number of hydrogen-bond donors (Lipinski definition) is 3. The summed E-state index contributed by atoms with van der Waals surface area (Å²) >= 11 is 7.51. The highest BCUT2D eigenvalue weighted by molar-refractivity contribution is 7.17. The Balaban J connectivity index is 2.41. The topological polar surface area (TPSA) is 88.2 Å². The summed E-state index contributed by atoms with van der Waals surface area (Å²) in [7, 11) is 0. The summed E-state index contributed by atoms with van der Waals surface area (Å²) in [6.45, 7) is 5.58. The molecule has 2 heterocycles. The highest BCUT2D eigenvalue weighted by Crippen LogP contribution is 2.44. The van der Waals surface area contributed by atoms with Crippen molar-refractivity contribution in [1.82, 2.24) is 0 Å². The first-order chi connectivity index (χ1) is 12.7. The van der Waals surface area contributed by atoms with Gasteiger partial charge in [-0.3, -0.25) is 20.5 Å². The Labute approximate surface area is 166 Å². The molecule has 5 nitrogen and oxygen atoms in total. The highest BCUT2D eigenvalue weighted by atomic mass is 35.5. The number of aliphatic carboxylic acids is 1. The minimum Gasteiger partial charge on any atom is -0.481 e. The Morgan fingerprint density at radius 2 is 1.93 bits per heavy atom. The number of carboxylic acid groups (broad SMARTS) is 1. The van der Waals surface area contributed by atoms with Gasteiger partial charge in [-0.15, -0.1) is 17.1 Å². The third-order valence-corrected chi connectivity index (χ3v) is 5.85. The summed E-state index contributed by atoms with van der Waals surface area (Å²) in [4.78, 5) is 13.9. The number of nitrogens with zero attached hydrogens (tertiary/aromatic N) is 1. The molecule has 1 aliphatic heterocycles. The van der Waals surface area contributed by atoms with Crippen LogP contribution >= 0.6 is 22.9 Å². The molecule has 0 spiro atoms. The molecule has 0 radical (unpaired) electrons. The van der Waals surface area contributed by atoms with Crippen LogP contribution in [0.5, 0.6) is 0 Å². The zero-order valence-electron chi connectivity index (χ0n) is 15.1. The van der Waals surface area contributed by atoms with Crippen molar-refractivity contribution in [3.63, 3.8) is 0 Å². The quantitative estimate of drug-likeness (QED) is 0.374. The van der Waals surface area contributed by atoms with E-state index in [9.17, 15) is 9.90 Å². The second-order valence-electron chi connectivity index (χ2n) is 6.29. The Kier molecular flexibility index (Phi) is 5.07. The molecule has 0 aliphatic carbocycles. The molecule has 27 heavy (non-hydrogen) atoms. The molecule has 0 unspecified atom stereocenters. The normalized spacial score (nSPS) is 13.6. The third-order valence-electron chi connectivity index (χ3n) is 4.40. The first kappa shape index (κ1) is 19.1. The van der Waals surface area contributed by atoms with E-state index < -0.39 is 5.97 Å². The van der Waals surface area contributed by atoms with Crippen LogP contribution in [0.15, 0.2) is 35.6 Å². The zero-order valence-corrected chi connectivity index (χ0v) is 16.7. The average Bonchev–Trinajstić information content (AvgIpc) is 2.80. The molecule has 7 heteroatoms. The minimum atomic E-state index is -1.04. The summed E-state index contributed by atoms with van der Waals surface area (Å²) < 4.78 is 0. The zero-order chi connectivity index (χ0) is 19.9. The van der Waals surface area contributed by atoms with E-state index in [1.165, 1.54) is 16.2 Å². The van der Waals surface area contributed by atoms with Gasteiger partial charge in [-0.2, -0.15) is 0 Å². The van der Waals surface area contributed by atoms with Crippen molar-refractivity contribution in [3.8, 4) is 0 Å². The van der Waals surface area contributed by atoms with Crippen molar-refractivity contribution in [2.45, 2.75) is 27.2 Å². The maximum Gasteiger partial charge on any atom is 0.308 e. The van der Waals surface area contributed by atoms with Gasteiger partial charge in [0.15, 0.2) is 0 Å². The van der Waals surface area contributed by atoms with Crippen LogP contribution in [-0.2, 0) is 4.79 Å². The van der Waals surface area contributed by atoms with Gasteiger partial charge in [-0.25, -0.2) is 0 Å². The number of carbonyl (C=O) groups is 1. The number of nitrogens with one attached hydrogen (secondary N) is 2. The Bertz CT molecular complexity index is 1040. The van der Waals surface area contributed by atoms with Crippen molar-refractivity contribution >= 4 is 51.2 Å². The molecule has 0 saturated carbocycles. The molecule has 1 aliphatic rings. The summed E-state index contributed by atoms with van der Waals surface area (Å²) in [5, 5.41) is 27.4. The van der Waals surface area contributed by atoms with E-state index in [0.29, 0.717) is 10.6 Å². The monoisotopic (exact) mass is 399 g/mol. The molecule has 138 valence electrons. The fraction of sp³-hybridized carbons (Fsp3) is 0.200. The Morgan fingerprint density at radius 3 is 2.48 bits per heavy atom. The molecule has 3 N–H and O–H groups in total. The van der Waals surface area contributed by atoms with E-state index in [4.69, 9.17) is 22.4 Å². The number of aryl methyl sites for hydroxylation is 1. The SMILES string of the molecule is CC(=N)N1C(=N)C(CC(=O)O)=C=C(c2ccc(Cl)cc2)c2c1sc(C)c2C. The maximum absolute atomic E-state index is 11.4. The molecule has 1 aromatic carbocycles. The fourth-order valence-corrected chi connectivity index (χ4v) is 4.35. The molecule has 2 aromatic rings. The van der Waals surface area contributed by atoms with Gasteiger partial charge in [0.2, 0.25) is 0 Å². The molecule has 0 atom stereocenters. The van der Waals surface area contributed by atoms with Gasteiger partial charge in [-0.05, 0) is 44.0 Å². The first-order valence-electron chi connectivity index (χ1n) is 8.22. The number of hydrogen-bond acceptors (Lipinski definition) is 4. The number of halogens is 1. The maximum atomic E-state index is 11.4. The number of rotatable bonds is 3. The summed E-state index contributed by atoms with van der Waals surface area (Å²) in [5.74, 6) is -0.917. The van der Waals surface area contributed by atoms with Crippen molar-refractivity contribution in [1.29, 1.82) is 10.8 Å². The molecule has 3 rings (SSSR count). The van der Waals surface area contributed by atoms with Crippen LogP contribution in [0.25, 0.3) is 5.57 Å². The second-order valence-corrected chi connectivity index (χ2v) is 7.93. The van der Waals surface area contributed by atoms with Gasteiger partial charge in [0.25, 0.3) is 0 Å². The number of thiophene rings is 1. The number of benzene rings is 1. The standard InChI is InChI=1S/C20H18ClN3O2S/c1-10-11(2)27-20-18(10)16(13-4-6-15(21)7-5-13)8-14(9-17(25)26)19(23)24(20)12(3)22/h4-7,22-23H,9H2,1-3H3,(H,25,26). The number of carboxylic acids is 1. The highest BCUT2D eigenvalue weighted by Gasteiger charge is 2.30. The van der Waals surface area contributed by atoms with E-state index >= 15 is 0 Å². The van der Waals surface area contributed by atoms with E-state index in [0.717, 1.165) is 26.6 Å². The molecular formula is C20H18ClN3O2S. The van der Waals surface area contributed by atoms with Gasteiger partial charge in [-0.1, -0.05) is 23.7 Å². The molecular weight excluding hydrogens is 382 g/mol. The van der Waals surface area contributed by atoms with Crippen molar-refractivity contribution in [3.05, 3.63) is 62.2 Å². The van der Waals surface area contributed by atoms with Crippen LogP contribution in [0, 0.1) is 24.7 Å². The molecule has 1 aromatic heterocycles. The lowest BCUT2D eigenvalue weighted by molar-refractivity contribution is -0.136. The summed E-state index contributed by atoms with van der Waals surface area (Å²) in [5.41, 5.74) is 6.87. The first-order valence-corrected chi connectivity index (χ1v) is 9.42. The van der Waals surface area contributed by atoms with Gasteiger partial charge >= 0.3 is 5.97 Å². The number of fused-ring (bicyclic) bond motifs is 1. The van der Waals surface area contributed by atoms with Crippen LogP contribution in [-0.4, -0.2) is 22.7 Å². The van der Waals surface area contributed by atoms with Crippen molar-refractivity contribution < 1.29 is 9.90 Å². The predicted molar refractivity (Wildman–Crippen MR) is 111 cm³/mol.